The SMILES string of the molecule is C[C@@H](c1nc2c(COC=O)c(F)ccc2[nH]1)C1CCC(c2ccnc3ccc(F)cc23)CC1. The van der Waals surface area contributed by atoms with Gasteiger partial charge in [0, 0.05) is 17.5 Å². The molecule has 2 aromatic carbocycles. The minimum atomic E-state index is -0.434. The summed E-state index contributed by atoms with van der Waals surface area (Å²) in [5.41, 5.74) is 3.53. The Morgan fingerprint density at radius 2 is 1.97 bits per heavy atom. The molecule has 4 aromatic rings. The lowest BCUT2D eigenvalue weighted by atomic mass is 9.73. The van der Waals surface area contributed by atoms with Gasteiger partial charge in [0.05, 0.1) is 22.1 Å². The highest BCUT2D eigenvalue weighted by atomic mass is 19.1. The van der Waals surface area contributed by atoms with E-state index in [1.165, 1.54) is 17.7 Å². The molecule has 2 aromatic heterocycles. The summed E-state index contributed by atoms with van der Waals surface area (Å²) in [6, 6.07) is 9.83. The smallest absolute Gasteiger partial charge is 0.293 e. The minimum absolute atomic E-state index is 0.142. The summed E-state index contributed by atoms with van der Waals surface area (Å²) in [6.45, 7) is 2.32. The van der Waals surface area contributed by atoms with E-state index in [1.807, 2.05) is 12.3 Å². The molecule has 1 atom stereocenters. The van der Waals surface area contributed by atoms with Crippen LogP contribution in [-0.2, 0) is 16.1 Å². The Balaban J connectivity index is 1.34. The molecule has 1 N–H and O–H groups in total. The van der Waals surface area contributed by atoms with Crippen molar-refractivity contribution >= 4 is 28.4 Å². The van der Waals surface area contributed by atoms with Crippen LogP contribution >= 0.6 is 0 Å². The fourth-order valence-corrected chi connectivity index (χ4v) is 5.25. The largest absolute Gasteiger partial charge is 0.463 e. The van der Waals surface area contributed by atoms with Crippen LogP contribution in [0.1, 0.15) is 61.4 Å². The normalized spacial score (nSPS) is 19.6. The molecule has 7 heteroatoms. The summed E-state index contributed by atoms with van der Waals surface area (Å²) in [6.07, 6.45) is 5.88. The molecule has 1 fully saturated rings. The highest BCUT2D eigenvalue weighted by Gasteiger charge is 2.29. The number of ether oxygens (including phenoxy) is 1. The van der Waals surface area contributed by atoms with Crippen LogP contribution in [0.25, 0.3) is 21.9 Å². The van der Waals surface area contributed by atoms with E-state index in [0.717, 1.165) is 47.9 Å². The second-order valence-corrected chi connectivity index (χ2v) is 8.91. The van der Waals surface area contributed by atoms with E-state index in [0.29, 0.717) is 23.8 Å². The molecule has 0 aliphatic heterocycles. The van der Waals surface area contributed by atoms with Crippen LogP contribution in [-0.4, -0.2) is 21.4 Å². The van der Waals surface area contributed by atoms with E-state index in [9.17, 15) is 13.6 Å². The molecule has 0 radical (unpaired) electrons. The van der Waals surface area contributed by atoms with Crippen molar-refractivity contribution in [1.82, 2.24) is 15.0 Å². The first-order valence-electron chi connectivity index (χ1n) is 11.3. The zero-order valence-electron chi connectivity index (χ0n) is 18.4. The number of aromatic nitrogens is 3. The number of halogens is 2. The van der Waals surface area contributed by atoms with Crippen molar-refractivity contribution in [3.8, 4) is 0 Å². The van der Waals surface area contributed by atoms with Crippen LogP contribution in [0.15, 0.2) is 42.6 Å². The van der Waals surface area contributed by atoms with E-state index in [4.69, 9.17) is 4.74 Å². The van der Waals surface area contributed by atoms with Gasteiger partial charge in [0.2, 0.25) is 0 Å². The van der Waals surface area contributed by atoms with E-state index >= 15 is 0 Å². The number of carbonyl (C=O) groups excluding carboxylic acids is 1. The van der Waals surface area contributed by atoms with Gasteiger partial charge in [-0.15, -0.1) is 0 Å². The van der Waals surface area contributed by atoms with Crippen LogP contribution in [0.3, 0.4) is 0 Å². The summed E-state index contributed by atoms with van der Waals surface area (Å²) in [5.74, 6) is 1.13. The number of hydrogen-bond donors (Lipinski definition) is 1. The van der Waals surface area contributed by atoms with Gasteiger partial charge in [0.15, 0.2) is 0 Å². The van der Waals surface area contributed by atoms with E-state index in [-0.39, 0.29) is 23.9 Å². The topological polar surface area (TPSA) is 67.9 Å². The number of nitrogens with zero attached hydrogens (tertiary/aromatic N) is 2. The van der Waals surface area contributed by atoms with Crippen molar-refractivity contribution in [1.29, 1.82) is 0 Å². The average Bonchev–Trinajstić information content (AvgIpc) is 3.27. The van der Waals surface area contributed by atoms with Gasteiger partial charge in [0.1, 0.15) is 24.1 Å². The number of rotatable bonds is 6. The van der Waals surface area contributed by atoms with Crippen LogP contribution in [0.2, 0.25) is 0 Å². The Morgan fingerprint density at radius 1 is 1.15 bits per heavy atom. The number of aromatic amines is 1. The van der Waals surface area contributed by atoms with E-state index < -0.39 is 5.82 Å². The summed E-state index contributed by atoms with van der Waals surface area (Å²) in [5, 5.41) is 0.901. The molecule has 170 valence electrons. The molecule has 5 rings (SSSR count). The Kier molecular flexibility index (Phi) is 5.79. The van der Waals surface area contributed by atoms with E-state index in [1.54, 1.807) is 18.2 Å². The number of fused-ring (bicyclic) bond motifs is 2. The highest BCUT2D eigenvalue weighted by molar-refractivity contribution is 5.82. The Morgan fingerprint density at radius 3 is 2.76 bits per heavy atom. The fourth-order valence-electron chi connectivity index (χ4n) is 5.25. The van der Waals surface area contributed by atoms with Crippen molar-refractivity contribution in [2.45, 2.75) is 51.0 Å². The molecule has 1 aliphatic rings. The predicted molar refractivity (Wildman–Crippen MR) is 122 cm³/mol. The summed E-state index contributed by atoms with van der Waals surface area (Å²) in [7, 11) is 0. The standard InChI is InChI=1S/C26H25F2N3O2/c1-15(26-30-24-9-7-22(28)21(13-33-14-32)25(24)31-26)16-2-4-17(5-3-16)19-10-11-29-23-8-6-18(27)12-20(19)23/h6-12,14-17H,2-5,13H2,1H3,(H,30,31)/t15-,16?,17?/m1/s1. The highest BCUT2D eigenvalue weighted by Crippen LogP contribution is 2.43. The second kappa shape index (κ2) is 8.89. The van der Waals surface area contributed by atoms with Gasteiger partial charge < -0.3 is 9.72 Å². The third-order valence-corrected chi connectivity index (χ3v) is 7.10. The van der Waals surface area contributed by atoms with Crippen LogP contribution in [0.5, 0.6) is 0 Å². The lowest BCUT2D eigenvalue weighted by Crippen LogP contribution is -2.19. The van der Waals surface area contributed by atoms with Crippen LogP contribution < -0.4 is 0 Å². The molecule has 2 heterocycles. The van der Waals surface area contributed by atoms with Crippen molar-refractivity contribution in [2.24, 2.45) is 5.92 Å². The number of H-pyrrole nitrogens is 1. The quantitative estimate of drug-likeness (QED) is 0.359. The summed E-state index contributed by atoms with van der Waals surface area (Å²) >= 11 is 0. The second-order valence-electron chi connectivity index (χ2n) is 8.91. The van der Waals surface area contributed by atoms with E-state index in [2.05, 4.69) is 21.9 Å². The van der Waals surface area contributed by atoms with Crippen molar-refractivity contribution in [3.63, 3.8) is 0 Å². The Hall–Kier alpha value is -3.35. The lowest BCUT2D eigenvalue weighted by molar-refractivity contribution is -0.129. The predicted octanol–water partition coefficient (Wildman–Crippen LogP) is 6.14. The molecule has 0 unspecified atom stereocenters. The monoisotopic (exact) mass is 449 g/mol. The molecule has 1 saturated carbocycles. The van der Waals surface area contributed by atoms with Crippen molar-refractivity contribution < 1.29 is 18.3 Å². The third-order valence-electron chi connectivity index (χ3n) is 7.10. The summed E-state index contributed by atoms with van der Waals surface area (Å²) in [4.78, 5) is 23.0. The van der Waals surface area contributed by atoms with Gasteiger partial charge in [-0.1, -0.05) is 6.92 Å². The first kappa shape index (κ1) is 21.5. The fraction of sp³-hybridized carbons (Fsp3) is 0.346. The van der Waals surface area contributed by atoms with Gasteiger partial charge in [-0.05, 0) is 79.5 Å². The van der Waals surface area contributed by atoms with Gasteiger partial charge >= 0.3 is 0 Å². The number of imidazole rings is 1. The first-order valence-corrected chi connectivity index (χ1v) is 11.3. The van der Waals surface area contributed by atoms with Gasteiger partial charge in [-0.2, -0.15) is 0 Å². The molecule has 33 heavy (non-hydrogen) atoms. The molecule has 0 amide bonds. The maximum atomic E-state index is 14.3. The van der Waals surface area contributed by atoms with Gasteiger partial charge in [0.25, 0.3) is 6.47 Å². The van der Waals surface area contributed by atoms with Crippen molar-refractivity contribution in [2.75, 3.05) is 0 Å². The zero-order chi connectivity index (χ0) is 22.9. The molecular formula is C26H25F2N3O2. The molecule has 1 aliphatic carbocycles. The zero-order valence-corrected chi connectivity index (χ0v) is 18.4. The first-order chi connectivity index (χ1) is 16.0. The number of hydrogen-bond acceptors (Lipinski definition) is 4. The number of carbonyl (C=O) groups is 1. The Labute approximate surface area is 190 Å². The lowest BCUT2D eigenvalue weighted by Gasteiger charge is -2.32. The Bertz CT molecular complexity index is 1310. The molecule has 0 bridgehead atoms. The third kappa shape index (κ3) is 4.08. The van der Waals surface area contributed by atoms with Crippen LogP contribution in [0.4, 0.5) is 8.78 Å². The molecule has 0 saturated heterocycles. The van der Waals surface area contributed by atoms with Crippen LogP contribution in [0, 0.1) is 17.6 Å². The summed E-state index contributed by atoms with van der Waals surface area (Å²) < 4.78 is 32.9. The molecule has 5 nitrogen and oxygen atoms in total. The number of nitrogens with one attached hydrogen (secondary N) is 1. The number of benzene rings is 2. The van der Waals surface area contributed by atoms with Gasteiger partial charge in [-0.3, -0.25) is 9.78 Å². The minimum Gasteiger partial charge on any atom is -0.463 e. The molecule has 0 spiro atoms. The number of pyridine rings is 1. The molecular weight excluding hydrogens is 424 g/mol. The maximum absolute atomic E-state index is 14.3. The average molecular weight is 450 g/mol. The van der Waals surface area contributed by atoms with Gasteiger partial charge in [-0.25, -0.2) is 13.8 Å². The maximum Gasteiger partial charge on any atom is 0.293 e. The van der Waals surface area contributed by atoms with Crippen molar-refractivity contribution in [3.05, 3.63) is 71.2 Å².